The van der Waals surface area contributed by atoms with Crippen molar-refractivity contribution in [1.82, 2.24) is 5.32 Å². The molecule has 0 atom stereocenters. The number of hydrogen-bond donors (Lipinski definition) is 1. The number of carbonyl (C=O) groups is 1. The van der Waals surface area contributed by atoms with Gasteiger partial charge in [0, 0.05) is 16.3 Å². The SMILES string of the molecule is COc1ccc(Br)c(C(=O)NCc2cccc(CBr)c2)c1. The molecule has 110 valence electrons. The van der Waals surface area contributed by atoms with E-state index in [1.165, 1.54) is 5.56 Å². The van der Waals surface area contributed by atoms with Crippen molar-refractivity contribution in [2.45, 2.75) is 11.9 Å². The van der Waals surface area contributed by atoms with E-state index in [-0.39, 0.29) is 5.91 Å². The lowest BCUT2D eigenvalue weighted by molar-refractivity contribution is 0.0950. The van der Waals surface area contributed by atoms with E-state index in [2.05, 4.69) is 43.2 Å². The van der Waals surface area contributed by atoms with E-state index in [9.17, 15) is 4.79 Å². The number of carbonyl (C=O) groups excluding carboxylic acids is 1. The van der Waals surface area contributed by atoms with E-state index >= 15 is 0 Å². The Labute approximate surface area is 141 Å². The topological polar surface area (TPSA) is 38.3 Å². The maximum absolute atomic E-state index is 12.3. The van der Waals surface area contributed by atoms with Crippen LogP contribution in [0.15, 0.2) is 46.9 Å². The zero-order valence-corrected chi connectivity index (χ0v) is 14.7. The van der Waals surface area contributed by atoms with Crippen LogP contribution in [0.3, 0.4) is 0 Å². The molecule has 1 N–H and O–H groups in total. The van der Waals surface area contributed by atoms with Gasteiger partial charge in [-0.25, -0.2) is 0 Å². The predicted molar refractivity (Wildman–Crippen MR) is 90.9 cm³/mol. The Balaban J connectivity index is 2.07. The minimum absolute atomic E-state index is 0.134. The van der Waals surface area contributed by atoms with E-state index in [1.807, 2.05) is 18.2 Å². The number of methoxy groups -OCH3 is 1. The fourth-order valence-electron chi connectivity index (χ4n) is 1.91. The summed E-state index contributed by atoms with van der Waals surface area (Å²) in [6.07, 6.45) is 0. The second kappa shape index (κ2) is 7.61. The molecule has 21 heavy (non-hydrogen) atoms. The molecule has 5 heteroatoms. The van der Waals surface area contributed by atoms with Crippen molar-refractivity contribution in [3.63, 3.8) is 0 Å². The maximum atomic E-state index is 12.3. The molecule has 0 radical (unpaired) electrons. The lowest BCUT2D eigenvalue weighted by atomic mass is 10.1. The lowest BCUT2D eigenvalue weighted by Crippen LogP contribution is -2.23. The van der Waals surface area contributed by atoms with Gasteiger partial charge in [0.1, 0.15) is 5.75 Å². The molecule has 2 aromatic rings. The highest BCUT2D eigenvalue weighted by molar-refractivity contribution is 9.10. The van der Waals surface area contributed by atoms with Crippen LogP contribution in [0.4, 0.5) is 0 Å². The zero-order chi connectivity index (χ0) is 15.2. The van der Waals surface area contributed by atoms with E-state index in [0.29, 0.717) is 17.9 Å². The van der Waals surface area contributed by atoms with Crippen molar-refractivity contribution >= 4 is 37.8 Å². The maximum Gasteiger partial charge on any atom is 0.252 e. The number of amides is 1. The Hall–Kier alpha value is -1.33. The zero-order valence-electron chi connectivity index (χ0n) is 11.5. The van der Waals surface area contributed by atoms with Crippen molar-refractivity contribution in [3.05, 3.63) is 63.6 Å². The molecular formula is C16H15Br2NO2. The number of alkyl halides is 1. The summed E-state index contributed by atoms with van der Waals surface area (Å²) in [7, 11) is 1.58. The van der Waals surface area contributed by atoms with Gasteiger partial charge in [0.05, 0.1) is 12.7 Å². The molecular weight excluding hydrogens is 398 g/mol. The summed E-state index contributed by atoms with van der Waals surface area (Å²) in [5.74, 6) is 0.523. The summed E-state index contributed by atoms with van der Waals surface area (Å²) in [6, 6.07) is 13.4. The average Bonchev–Trinajstić information content (AvgIpc) is 2.53. The lowest BCUT2D eigenvalue weighted by Gasteiger charge is -2.09. The van der Waals surface area contributed by atoms with Crippen LogP contribution in [0.1, 0.15) is 21.5 Å². The van der Waals surface area contributed by atoms with E-state index in [1.54, 1.807) is 25.3 Å². The first-order valence-corrected chi connectivity index (χ1v) is 8.31. The minimum atomic E-state index is -0.134. The molecule has 0 aromatic heterocycles. The average molecular weight is 413 g/mol. The first kappa shape index (κ1) is 16.0. The highest BCUT2D eigenvalue weighted by Crippen LogP contribution is 2.22. The van der Waals surface area contributed by atoms with Gasteiger partial charge in [-0.05, 0) is 45.3 Å². The highest BCUT2D eigenvalue weighted by atomic mass is 79.9. The van der Waals surface area contributed by atoms with Gasteiger partial charge in [-0.2, -0.15) is 0 Å². The Morgan fingerprint density at radius 3 is 2.67 bits per heavy atom. The number of halogens is 2. The van der Waals surface area contributed by atoms with E-state index < -0.39 is 0 Å². The van der Waals surface area contributed by atoms with Gasteiger partial charge in [0.15, 0.2) is 0 Å². The van der Waals surface area contributed by atoms with Crippen LogP contribution in [-0.2, 0) is 11.9 Å². The number of benzene rings is 2. The van der Waals surface area contributed by atoms with Gasteiger partial charge in [-0.1, -0.05) is 40.2 Å². The van der Waals surface area contributed by atoms with E-state index in [4.69, 9.17) is 4.74 Å². The van der Waals surface area contributed by atoms with Gasteiger partial charge >= 0.3 is 0 Å². The summed E-state index contributed by atoms with van der Waals surface area (Å²) >= 11 is 6.81. The van der Waals surface area contributed by atoms with Crippen molar-refractivity contribution in [2.24, 2.45) is 0 Å². The molecule has 0 aliphatic heterocycles. The number of hydrogen-bond acceptors (Lipinski definition) is 2. The van der Waals surface area contributed by atoms with Gasteiger partial charge in [-0.15, -0.1) is 0 Å². The normalized spacial score (nSPS) is 10.2. The largest absolute Gasteiger partial charge is 0.497 e. The van der Waals surface area contributed by atoms with Crippen LogP contribution in [0.25, 0.3) is 0 Å². The molecule has 2 rings (SSSR count). The second-order valence-corrected chi connectivity index (χ2v) is 5.90. The van der Waals surface area contributed by atoms with Crippen LogP contribution >= 0.6 is 31.9 Å². The predicted octanol–water partition coefficient (Wildman–Crippen LogP) is 4.28. The second-order valence-electron chi connectivity index (χ2n) is 4.48. The molecule has 0 fully saturated rings. The van der Waals surface area contributed by atoms with Crippen LogP contribution in [0.5, 0.6) is 5.75 Å². The fourth-order valence-corrected chi connectivity index (χ4v) is 2.68. The Morgan fingerprint density at radius 1 is 1.19 bits per heavy atom. The summed E-state index contributed by atoms with van der Waals surface area (Å²) in [5.41, 5.74) is 2.81. The molecule has 0 saturated carbocycles. The van der Waals surface area contributed by atoms with Gasteiger partial charge in [0.2, 0.25) is 0 Å². The Morgan fingerprint density at radius 2 is 1.95 bits per heavy atom. The van der Waals surface area contributed by atoms with Crippen LogP contribution < -0.4 is 10.1 Å². The molecule has 0 spiro atoms. The quantitative estimate of drug-likeness (QED) is 0.744. The molecule has 0 heterocycles. The van der Waals surface area contributed by atoms with Crippen LogP contribution in [0.2, 0.25) is 0 Å². The summed E-state index contributed by atoms with van der Waals surface area (Å²) < 4.78 is 5.89. The molecule has 0 unspecified atom stereocenters. The van der Waals surface area contributed by atoms with Crippen molar-refractivity contribution < 1.29 is 9.53 Å². The molecule has 1 amide bonds. The fraction of sp³-hybridized carbons (Fsp3) is 0.188. The summed E-state index contributed by atoms with van der Waals surface area (Å²) in [4.78, 5) is 12.3. The van der Waals surface area contributed by atoms with Crippen molar-refractivity contribution in [3.8, 4) is 5.75 Å². The summed E-state index contributed by atoms with van der Waals surface area (Å²) in [6.45, 7) is 0.489. The van der Waals surface area contributed by atoms with Gasteiger partial charge in [0.25, 0.3) is 5.91 Å². The standard InChI is InChI=1S/C16H15Br2NO2/c1-21-13-5-6-15(18)14(8-13)16(20)19-10-12-4-2-3-11(7-12)9-17/h2-8H,9-10H2,1H3,(H,19,20). The Kier molecular flexibility index (Phi) is 5.82. The smallest absolute Gasteiger partial charge is 0.252 e. The third-order valence-corrected chi connectivity index (χ3v) is 4.36. The number of nitrogens with one attached hydrogen (secondary N) is 1. The molecule has 3 nitrogen and oxygen atoms in total. The van der Waals surface area contributed by atoms with Gasteiger partial charge in [-0.3, -0.25) is 4.79 Å². The molecule has 0 saturated heterocycles. The third-order valence-electron chi connectivity index (χ3n) is 3.02. The number of rotatable bonds is 5. The van der Waals surface area contributed by atoms with E-state index in [0.717, 1.165) is 15.4 Å². The minimum Gasteiger partial charge on any atom is -0.497 e. The van der Waals surface area contributed by atoms with Crippen LogP contribution in [-0.4, -0.2) is 13.0 Å². The Bertz CT molecular complexity index is 644. The first-order valence-electron chi connectivity index (χ1n) is 6.39. The molecule has 0 bridgehead atoms. The van der Waals surface area contributed by atoms with Gasteiger partial charge < -0.3 is 10.1 Å². The molecule has 0 aliphatic rings. The first-order chi connectivity index (χ1) is 10.1. The summed E-state index contributed by atoms with van der Waals surface area (Å²) in [5, 5.41) is 3.72. The van der Waals surface area contributed by atoms with Crippen LogP contribution in [0, 0.1) is 0 Å². The third kappa shape index (κ3) is 4.32. The van der Waals surface area contributed by atoms with Crippen molar-refractivity contribution in [2.75, 3.05) is 7.11 Å². The highest BCUT2D eigenvalue weighted by Gasteiger charge is 2.11. The molecule has 0 aliphatic carbocycles. The molecule has 2 aromatic carbocycles. The van der Waals surface area contributed by atoms with Crippen molar-refractivity contribution in [1.29, 1.82) is 0 Å². The monoisotopic (exact) mass is 411 g/mol. The number of ether oxygens (including phenoxy) is 1.